The summed E-state index contributed by atoms with van der Waals surface area (Å²) in [6.07, 6.45) is 1.21. The van der Waals surface area contributed by atoms with E-state index >= 15 is 0 Å². The number of benzene rings is 2. The molecule has 2 aromatic carbocycles. The lowest BCUT2D eigenvalue weighted by atomic mass is 9.87. The molecule has 0 saturated carbocycles. The molecule has 0 saturated heterocycles. The molecule has 0 aromatic heterocycles. The molecule has 24 heavy (non-hydrogen) atoms. The highest BCUT2D eigenvalue weighted by Crippen LogP contribution is 2.30. The summed E-state index contributed by atoms with van der Waals surface area (Å²) in [7, 11) is -1.05. The van der Waals surface area contributed by atoms with Gasteiger partial charge in [-0.15, -0.1) is 0 Å². The first-order chi connectivity index (χ1) is 11.5. The van der Waals surface area contributed by atoms with Crippen molar-refractivity contribution in [1.29, 1.82) is 0 Å². The van der Waals surface area contributed by atoms with Gasteiger partial charge in [-0.2, -0.15) is 0 Å². The lowest BCUT2D eigenvalue weighted by Gasteiger charge is -2.24. The molecular weight excluding hydrogens is 318 g/mol. The van der Waals surface area contributed by atoms with Gasteiger partial charge in [-0.05, 0) is 23.6 Å². The summed E-state index contributed by atoms with van der Waals surface area (Å²) in [5, 5.41) is 12.4. The SMILES string of the molecule is CN=S(=O)(/C=C\[C@H](C(C)C)[C@@H](O)c1ccccc1)c1ccccc1. The Labute approximate surface area is 145 Å². The maximum Gasteiger partial charge on any atom is 0.0963 e. The minimum absolute atomic E-state index is 0.140. The number of nitrogens with zero attached hydrogens (tertiary/aromatic N) is 1. The summed E-state index contributed by atoms with van der Waals surface area (Å²) in [5.41, 5.74) is 0.862. The molecule has 1 unspecified atom stereocenters. The van der Waals surface area contributed by atoms with E-state index in [4.69, 9.17) is 0 Å². The minimum atomic E-state index is -2.62. The highest BCUT2D eigenvalue weighted by Gasteiger charge is 2.22. The normalized spacial score (nSPS) is 16.7. The molecule has 0 heterocycles. The standard InChI is InChI=1S/C20H25NO2S/c1-16(2)19(20(22)17-10-6-4-7-11-17)14-15-24(23,21-3)18-12-8-5-9-13-18/h4-16,19-20,22H,1-3H3/b15-14-/t19-,20+,24?/m1/s1. The van der Waals surface area contributed by atoms with Crippen LogP contribution in [0.5, 0.6) is 0 Å². The van der Waals surface area contributed by atoms with Gasteiger partial charge in [-0.25, -0.2) is 8.57 Å². The van der Waals surface area contributed by atoms with Crippen LogP contribution in [0.3, 0.4) is 0 Å². The van der Waals surface area contributed by atoms with Crippen LogP contribution in [-0.2, 0) is 9.73 Å². The summed E-state index contributed by atoms with van der Waals surface area (Å²) in [4.78, 5) is 0.681. The van der Waals surface area contributed by atoms with Crippen LogP contribution >= 0.6 is 0 Å². The van der Waals surface area contributed by atoms with Gasteiger partial charge in [-0.3, -0.25) is 0 Å². The van der Waals surface area contributed by atoms with Crippen molar-refractivity contribution < 1.29 is 9.32 Å². The first kappa shape index (κ1) is 18.4. The molecule has 0 amide bonds. The molecule has 0 aliphatic heterocycles. The fourth-order valence-electron chi connectivity index (χ4n) is 2.62. The van der Waals surface area contributed by atoms with E-state index in [1.165, 1.54) is 0 Å². The number of aliphatic hydroxyl groups excluding tert-OH is 1. The van der Waals surface area contributed by atoms with E-state index in [-0.39, 0.29) is 11.8 Å². The fraction of sp³-hybridized carbons (Fsp3) is 0.300. The van der Waals surface area contributed by atoms with Crippen molar-refractivity contribution >= 4 is 9.73 Å². The largest absolute Gasteiger partial charge is 0.388 e. The average molecular weight is 343 g/mol. The first-order valence-electron chi connectivity index (χ1n) is 8.09. The van der Waals surface area contributed by atoms with Crippen LogP contribution in [0.25, 0.3) is 0 Å². The predicted molar refractivity (Wildman–Crippen MR) is 100 cm³/mol. The van der Waals surface area contributed by atoms with E-state index in [0.717, 1.165) is 5.56 Å². The molecule has 0 spiro atoms. The highest BCUT2D eigenvalue weighted by atomic mass is 32.2. The van der Waals surface area contributed by atoms with Crippen LogP contribution in [0.15, 0.2) is 81.4 Å². The van der Waals surface area contributed by atoms with Gasteiger partial charge < -0.3 is 5.11 Å². The van der Waals surface area contributed by atoms with Crippen molar-refractivity contribution in [3.05, 3.63) is 77.7 Å². The van der Waals surface area contributed by atoms with Crippen LogP contribution in [0, 0.1) is 11.8 Å². The molecular formula is C20H25NO2S. The molecule has 1 N–H and O–H groups in total. The summed E-state index contributed by atoms with van der Waals surface area (Å²) in [6.45, 7) is 4.10. The van der Waals surface area contributed by atoms with Crippen LogP contribution in [0.1, 0.15) is 25.5 Å². The monoisotopic (exact) mass is 343 g/mol. The number of hydrogen-bond acceptors (Lipinski definition) is 3. The fourth-order valence-corrected chi connectivity index (χ4v) is 4.05. The lowest BCUT2D eigenvalue weighted by molar-refractivity contribution is 0.108. The minimum Gasteiger partial charge on any atom is -0.388 e. The Morgan fingerprint density at radius 1 is 1.00 bits per heavy atom. The topological polar surface area (TPSA) is 49.7 Å². The van der Waals surface area contributed by atoms with Gasteiger partial charge >= 0.3 is 0 Å². The van der Waals surface area contributed by atoms with E-state index < -0.39 is 15.8 Å². The molecule has 3 atom stereocenters. The zero-order chi connectivity index (χ0) is 17.6. The third kappa shape index (κ3) is 4.34. The first-order valence-corrected chi connectivity index (χ1v) is 9.67. The smallest absolute Gasteiger partial charge is 0.0963 e. The van der Waals surface area contributed by atoms with Crippen molar-refractivity contribution in [1.82, 2.24) is 0 Å². The van der Waals surface area contributed by atoms with Gasteiger partial charge in [-0.1, -0.05) is 68.5 Å². The highest BCUT2D eigenvalue weighted by molar-refractivity contribution is 7.96. The predicted octanol–water partition coefficient (Wildman–Crippen LogP) is 4.66. The summed E-state index contributed by atoms with van der Waals surface area (Å²) in [6, 6.07) is 18.8. The van der Waals surface area contributed by atoms with Crippen LogP contribution in [-0.4, -0.2) is 16.4 Å². The van der Waals surface area contributed by atoms with Crippen molar-refractivity contribution in [2.75, 3.05) is 7.05 Å². The molecule has 0 fully saturated rings. The molecule has 128 valence electrons. The van der Waals surface area contributed by atoms with E-state index in [9.17, 15) is 9.32 Å². The Kier molecular flexibility index (Phi) is 6.35. The van der Waals surface area contributed by atoms with Crippen molar-refractivity contribution in [3.8, 4) is 0 Å². The number of aliphatic hydroxyl groups is 1. The van der Waals surface area contributed by atoms with Gasteiger partial charge in [0.05, 0.1) is 20.7 Å². The Bertz CT molecular complexity index is 776. The molecule has 3 nitrogen and oxygen atoms in total. The Hall–Kier alpha value is -1.91. The molecule has 2 rings (SSSR count). The van der Waals surface area contributed by atoms with Gasteiger partial charge in [0, 0.05) is 18.4 Å². The zero-order valence-corrected chi connectivity index (χ0v) is 15.2. The van der Waals surface area contributed by atoms with Crippen LogP contribution < -0.4 is 0 Å². The van der Waals surface area contributed by atoms with E-state index in [2.05, 4.69) is 18.2 Å². The summed E-state index contributed by atoms with van der Waals surface area (Å²) in [5.74, 6) is 0.0615. The number of rotatable bonds is 6. The maximum atomic E-state index is 13.1. The molecule has 4 heteroatoms. The van der Waals surface area contributed by atoms with E-state index in [1.807, 2.05) is 66.7 Å². The van der Waals surface area contributed by atoms with Gasteiger partial charge in [0.2, 0.25) is 0 Å². The second kappa shape index (κ2) is 8.27. The maximum absolute atomic E-state index is 13.1. The average Bonchev–Trinajstić information content (AvgIpc) is 2.62. The second-order valence-electron chi connectivity index (χ2n) is 6.07. The van der Waals surface area contributed by atoms with Crippen LogP contribution in [0.4, 0.5) is 0 Å². The molecule has 0 aliphatic carbocycles. The quantitative estimate of drug-likeness (QED) is 0.829. The summed E-state index contributed by atoms with van der Waals surface area (Å²) < 4.78 is 17.2. The van der Waals surface area contributed by atoms with Crippen LogP contribution in [0.2, 0.25) is 0 Å². The Morgan fingerprint density at radius 2 is 1.54 bits per heavy atom. The molecule has 0 aliphatic rings. The Morgan fingerprint density at radius 3 is 2.04 bits per heavy atom. The number of hydrogen-bond donors (Lipinski definition) is 1. The van der Waals surface area contributed by atoms with Crippen molar-refractivity contribution in [3.63, 3.8) is 0 Å². The third-order valence-electron chi connectivity index (χ3n) is 4.11. The zero-order valence-electron chi connectivity index (χ0n) is 14.4. The van der Waals surface area contributed by atoms with Crippen molar-refractivity contribution in [2.24, 2.45) is 16.2 Å². The van der Waals surface area contributed by atoms with Gasteiger partial charge in [0.25, 0.3) is 0 Å². The molecule has 0 radical (unpaired) electrons. The van der Waals surface area contributed by atoms with Gasteiger partial charge in [0.15, 0.2) is 0 Å². The van der Waals surface area contributed by atoms with E-state index in [1.54, 1.807) is 12.5 Å². The summed E-state index contributed by atoms with van der Waals surface area (Å²) >= 11 is 0. The van der Waals surface area contributed by atoms with Gasteiger partial charge in [0.1, 0.15) is 0 Å². The van der Waals surface area contributed by atoms with Crippen molar-refractivity contribution in [2.45, 2.75) is 24.8 Å². The van der Waals surface area contributed by atoms with E-state index in [0.29, 0.717) is 4.90 Å². The third-order valence-corrected chi connectivity index (χ3v) is 6.13. The second-order valence-corrected chi connectivity index (χ2v) is 8.32. The lowest BCUT2D eigenvalue weighted by Crippen LogP contribution is -2.16. The molecule has 0 bridgehead atoms. The molecule has 2 aromatic rings. The Balaban J connectivity index is 2.33.